The molecule has 2 nitrogen and oxygen atoms in total. The van der Waals surface area contributed by atoms with E-state index in [4.69, 9.17) is 11.6 Å². The van der Waals surface area contributed by atoms with Crippen LogP contribution in [0, 0.1) is 0 Å². The summed E-state index contributed by atoms with van der Waals surface area (Å²) in [6.07, 6.45) is -3.66. The Morgan fingerprint density at radius 2 is 1.74 bits per heavy atom. The number of nitrogens with zero attached hydrogens (tertiary/aromatic N) is 1. The number of hydrogen-bond acceptors (Lipinski definition) is 2. The monoisotopic (exact) mass is 287 g/mol. The summed E-state index contributed by atoms with van der Waals surface area (Å²) in [5.74, 6) is 0.0696. The van der Waals surface area contributed by atoms with Crippen LogP contribution in [0.4, 0.5) is 13.2 Å². The van der Waals surface area contributed by atoms with Gasteiger partial charge in [0.05, 0.1) is 11.9 Å². The molecule has 0 radical (unpaired) electrons. The molecule has 100 valence electrons. The Kier molecular flexibility index (Phi) is 3.95. The predicted molar refractivity (Wildman–Crippen MR) is 65.9 cm³/mol. The fourth-order valence-electron chi connectivity index (χ4n) is 1.51. The van der Waals surface area contributed by atoms with Gasteiger partial charge in [-0.05, 0) is 17.7 Å². The lowest BCUT2D eigenvalue weighted by Gasteiger charge is -2.08. The SMILES string of the molecule is FC(F)(F)Oc1ccc(-c2ccc(CCl)cc2)nc1. The van der Waals surface area contributed by atoms with Gasteiger partial charge in [0.1, 0.15) is 5.75 Å². The number of hydrogen-bond donors (Lipinski definition) is 0. The molecule has 0 fully saturated rings. The first-order valence-corrected chi connectivity index (χ1v) is 5.88. The molecular weight excluding hydrogens is 279 g/mol. The fourth-order valence-corrected chi connectivity index (χ4v) is 1.69. The van der Waals surface area contributed by atoms with E-state index in [-0.39, 0.29) is 5.75 Å². The minimum absolute atomic E-state index is 0.339. The van der Waals surface area contributed by atoms with Gasteiger partial charge in [-0.25, -0.2) is 0 Å². The molecule has 6 heteroatoms. The van der Waals surface area contributed by atoms with Gasteiger partial charge in [0, 0.05) is 11.4 Å². The molecule has 0 saturated carbocycles. The van der Waals surface area contributed by atoms with Gasteiger partial charge in [-0.3, -0.25) is 4.98 Å². The Labute approximate surface area is 112 Å². The standard InChI is InChI=1S/C13H9ClF3NO/c14-7-9-1-3-10(4-2-9)12-6-5-11(8-18-12)19-13(15,16)17/h1-6,8H,7H2. The van der Waals surface area contributed by atoms with Gasteiger partial charge in [-0.1, -0.05) is 24.3 Å². The first-order valence-electron chi connectivity index (χ1n) is 5.35. The maximum atomic E-state index is 12.0. The summed E-state index contributed by atoms with van der Waals surface area (Å²) < 4.78 is 39.7. The Balaban J connectivity index is 2.17. The van der Waals surface area contributed by atoms with Crippen molar-refractivity contribution in [2.75, 3.05) is 0 Å². The second-order valence-corrected chi connectivity index (χ2v) is 4.02. The lowest BCUT2D eigenvalue weighted by Crippen LogP contribution is -2.17. The Hall–Kier alpha value is -1.75. The molecule has 1 aromatic carbocycles. The van der Waals surface area contributed by atoms with Crippen LogP contribution in [0.1, 0.15) is 5.56 Å². The number of alkyl halides is 4. The lowest BCUT2D eigenvalue weighted by atomic mass is 10.1. The number of aromatic nitrogens is 1. The average molecular weight is 288 g/mol. The van der Waals surface area contributed by atoms with Crippen LogP contribution in [0.3, 0.4) is 0 Å². The van der Waals surface area contributed by atoms with Crippen molar-refractivity contribution in [3.8, 4) is 17.0 Å². The minimum Gasteiger partial charge on any atom is -0.404 e. The summed E-state index contributed by atoms with van der Waals surface area (Å²) in [5, 5.41) is 0. The van der Waals surface area contributed by atoms with Crippen molar-refractivity contribution in [3.63, 3.8) is 0 Å². The van der Waals surface area contributed by atoms with Gasteiger partial charge in [0.25, 0.3) is 0 Å². The number of pyridine rings is 1. The largest absolute Gasteiger partial charge is 0.573 e. The van der Waals surface area contributed by atoms with Gasteiger partial charge in [-0.15, -0.1) is 24.8 Å². The van der Waals surface area contributed by atoms with Crippen molar-refractivity contribution in [1.82, 2.24) is 4.98 Å². The Morgan fingerprint density at radius 1 is 1.05 bits per heavy atom. The van der Waals surface area contributed by atoms with Crippen molar-refractivity contribution < 1.29 is 17.9 Å². The molecule has 1 heterocycles. The van der Waals surface area contributed by atoms with E-state index in [0.717, 1.165) is 17.3 Å². The maximum absolute atomic E-state index is 12.0. The highest BCUT2D eigenvalue weighted by atomic mass is 35.5. The molecule has 1 aromatic heterocycles. The zero-order valence-corrected chi connectivity index (χ0v) is 10.4. The van der Waals surface area contributed by atoms with Crippen molar-refractivity contribution in [2.24, 2.45) is 0 Å². The van der Waals surface area contributed by atoms with Crippen LogP contribution < -0.4 is 4.74 Å². The van der Waals surface area contributed by atoms with Gasteiger partial charge < -0.3 is 4.74 Å². The quantitative estimate of drug-likeness (QED) is 0.781. The van der Waals surface area contributed by atoms with Gasteiger partial charge in [-0.2, -0.15) is 0 Å². The first-order chi connectivity index (χ1) is 8.98. The number of rotatable bonds is 3. The third-order valence-electron chi connectivity index (χ3n) is 2.37. The van der Waals surface area contributed by atoms with E-state index in [9.17, 15) is 13.2 Å². The van der Waals surface area contributed by atoms with Crippen LogP contribution in [0.5, 0.6) is 5.75 Å². The topological polar surface area (TPSA) is 22.1 Å². The van der Waals surface area contributed by atoms with E-state index in [2.05, 4.69) is 9.72 Å². The third kappa shape index (κ3) is 3.86. The highest BCUT2D eigenvalue weighted by Crippen LogP contribution is 2.24. The lowest BCUT2D eigenvalue weighted by molar-refractivity contribution is -0.274. The summed E-state index contributed by atoms with van der Waals surface area (Å²) in [4.78, 5) is 3.93. The van der Waals surface area contributed by atoms with Crippen LogP contribution in [-0.4, -0.2) is 11.3 Å². The average Bonchev–Trinajstić information content (AvgIpc) is 2.38. The molecule has 0 N–H and O–H groups in total. The van der Waals surface area contributed by atoms with Gasteiger partial charge in [0.2, 0.25) is 0 Å². The molecule has 0 aliphatic rings. The predicted octanol–water partition coefficient (Wildman–Crippen LogP) is 4.39. The number of ether oxygens (including phenoxy) is 1. The zero-order valence-electron chi connectivity index (χ0n) is 9.62. The highest BCUT2D eigenvalue weighted by Gasteiger charge is 2.31. The fraction of sp³-hybridized carbons (Fsp3) is 0.154. The molecule has 0 amide bonds. The minimum atomic E-state index is -4.70. The molecule has 0 bridgehead atoms. The Morgan fingerprint density at radius 3 is 2.21 bits per heavy atom. The Bertz CT molecular complexity index is 537. The van der Waals surface area contributed by atoms with E-state index >= 15 is 0 Å². The first kappa shape index (κ1) is 13.7. The van der Waals surface area contributed by atoms with Gasteiger partial charge >= 0.3 is 6.36 Å². The van der Waals surface area contributed by atoms with Crippen LogP contribution >= 0.6 is 11.6 Å². The normalized spacial score (nSPS) is 11.4. The third-order valence-corrected chi connectivity index (χ3v) is 2.68. The summed E-state index contributed by atoms with van der Waals surface area (Å²) in [6, 6.07) is 9.99. The molecule has 2 aromatic rings. The van der Waals surface area contributed by atoms with E-state index in [1.165, 1.54) is 12.1 Å². The van der Waals surface area contributed by atoms with E-state index in [0.29, 0.717) is 11.6 Å². The summed E-state index contributed by atoms with van der Waals surface area (Å²) in [5.41, 5.74) is 2.32. The molecule has 0 spiro atoms. The molecule has 0 aliphatic carbocycles. The van der Waals surface area contributed by atoms with Crippen molar-refractivity contribution in [2.45, 2.75) is 12.2 Å². The zero-order chi connectivity index (χ0) is 13.9. The van der Waals surface area contributed by atoms with Crippen LogP contribution in [0.2, 0.25) is 0 Å². The number of halogens is 4. The molecule has 0 saturated heterocycles. The second-order valence-electron chi connectivity index (χ2n) is 3.76. The van der Waals surface area contributed by atoms with Crippen LogP contribution in [0.15, 0.2) is 42.6 Å². The summed E-state index contributed by atoms with van der Waals surface area (Å²) >= 11 is 5.67. The smallest absolute Gasteiger partial charge is 0.404 e. The molecule has 2 rings (SSSR count). The highest BCUT2D eigenvalue weighted by molar-refractivity contribution is 6.17. The summed E-state index contributed by atoms with van der Waals surface area (Å²) in [7, 11) is 0. The van der Waals surface area contributed by atoms with Crippen LogP contribution in [-0.2, 0) is 5.88 Å². The molecule has 0 aliphatic heterocycles. The van der Waals surface area contributed by atoms with E-state index in [1.807, 2.05) is 24.3 Å². The number of benzene rings is 1. The molecule has 0 atom stereocenters. The summed E-state index contributed by atoms with van der Waals surface area (Å²) in [6.45, 7) is 0. The molecular formula is C13H9ClF3NO. The van der Waals surface area contributed by atoms with E-state index < -0.39 is 6.36 Å². The van der Waals surface area contributed by atoms with Crippen molar-refractivity contribution in [1.29, 1.82) is 0 Å². The second kappa shape index (κ2) is 5.48. The van der Waals surface area contributed by atoms with Crippen molar-refractivity contribution >= 4 is 11.6 Å². The maximum Gasteiger partial charge on any atom is 0.573 e. The van der Waals surface area contributed by atoms with Gasteiger partial charge in [0.15, 0.2) is 0 Å². The van der Waals surface area contributed by atoms with Crippen LogP contribution in [0.25, 0.3) is 11.3 Å². The molecule has 0 unspecified atom stereocenters. The van der Waals surface area contributed by atoms with Crippen molar-refractivity contribution in [3.05, 3.63) is 48.2 Å². The van der Waals surface area contributed by atoms with E-state index in [1.54, 1.807) is 0 Å². The molecule has 19 heavy (non-hydrogen) atoms.